The van der Waals surface area contributed by atoms with Gasteiger partial charge in [-0.05, 0) is 60.6 Å². The molecule has 0 aromatic heterocycles. The Balaban J connectivity index is 2.34. The predicted molar refractivity (Wildman–Crippen MR) is 77.8 cm³/mol. The second-order valence-electron chi connectivity index (χ2n) is 5.19. The van der Waals surface area contributed by atoms with Crippen molar-refractivity contribution < 1.29 is 10.2 Å². The van der Waals surface area contributed by atoms with Crippen LogP contribution in [0.5, 0.6) is 11.5 Å². The van der Waals surface area contributed by atoms with E-state index in [1.165, 1.54) is 0 Å². The van der Waals surface area contributed by atoms with Crippen molar-refractivity contribution in [2.45, 2.75) is 33.1 Å². The Labute approximate surface area is 114 Å². The van der Waals surface area contributed by atoms with Gasteiger partial charge in [-0.3, -0.25) is 0 Å². The molecular weight excluding hydrogens is 236 g/mol. The van der Waals surface area contributed by atoms with Crippen LogP contribution in [-0.4, -0.2) is 10.2 Å². The van der Waals surface area contributed by atoms with Crippen molar-refractivity contribution in [1.82, 2.24) is 0 Å². The Morgan fingerprint density at radius 3 is 2.05 bits per heavy atom. The Kier molecular flexibility index (Phi) is 3.79. The SMILES string of the molecule is Cc1cccc(O)c1CC(C)c1c(C)cccc1O. The van der Waals surface area contributed by atoms with E-state index in [0.29, 0.717) is 11.5 Å². The molecule has 2 nitrogen and oxygen atoms in total. The van der Waals surface area contributed by atoms with Crippen molar-refractivity contribution >= 4 is 0 Å². The van der Waals surface area contributed by atoms with Gasteiger partial charge in [0, 0.05) is 0 Å². The standard InChI is InChI=1S/C17H20O2/c1-11-6-4-8-15(18)14(11)10-13(3)17-12(2)7-5-9-16(17)19/h4-9,13,18-19H,10H2,1-3H3. The van der Waals surface area contributed by atoms with Crippen molar-refractivity contribution in [3.05, 3.63) is 58.7 Å². The zero-order chi connectivity index (χ0) is 14.0. The Hall–Kier alpha value is -1.96. The summed E-state index contributed by atoms with van der Waals surface area (Å²) >= 11 is 0. The fourth-order valence-electron chi connectivity index (χ4n) is 2.67. The third kappa shape index (κ3) is 2.73. The van der Waals surface area contributed by atoms with Gasteiger partial charge in [-0.1, -0.05) is 31.2 Å². The number of phenolic OH excluding ortho intramolecular Hbond substituents is 2. The lowest BCUT2D eigenvalue weighted by atomic mass is 9.88. The van der Waals surface area contributed by atoms with Crippen LogP contribution in [0.15, 0.2) is 36.4 Å². The summed E-state index contributed by atoms with van der Waals surface area (Å²) in [6.45, 7) is 6.08. The van der Waals surface area contributed by atoms with E-state index >= 15 is 0 Å². The van der Waals surface area contributed by atoms with Gasteiger partial charge in [0.2, 0.25) is 0 Å². The first-order valence-electron chi connectivity index (χ1n) is 6.56. The predicted octanol–water partition coefficient (Wildman–Crippen LogP) is 4.06. The molecule has 0 fully saturated rings. The number of rotatable bonds is 3. The first kappa shape index (κ1) is 13.5. The van der Waals surface area contributed by atoms with Crippen LogP contribution in [0.2, 0.25) is 0 Å². The molecule has 0 radical (unpaired) electrons. The third-order valence-corrected chi connectivity index (χ3v) is 3.69. The third-order valence-electron chi connectivity index (χ3n) is 3.69. The molecule has 0 amide bonds. The van der Waals surface area contributed by atoms with E-state index in [4.69, 9.17) is 0 Å². The minimum atomic E-state index is 0.160. The highest BCUT2D eigenvalue weighted by Crippen LogP contribution is 2.33. The molecule has 0 spiro atoms. The van der Waals surface area contributed by atoms with Crippen LogP contribution in [0.3, 0.4) is 0 Å². The molecule has 0 saturated carbocycles. The Morgan fingerprint density at radius 1 is 0.895 bits per heavy atom. The number of hydrogen-bond acceptors (Lipinski definition) is 2. The molecule has 0 aliphatic rings. The molecule has 0 saturated heterocycles. The largest absolute Gasteiger partial charge is 0.508 e. The molecule has 2 aromatic rings. The van der Waals surface area contributed by atoms with Gasteiger partial charge < -0.3 is 10.2 Å². The van der Waals surface area contributed by atoms with Crippen molar-refractivity contribution in [3.8, 4) is 11.5 Å². The normalized spacial score (nSPS) is 12.4. The van der Waals surface area contributed by atoms with Gasteiger partial charge in [-0.2, -0.15) is 0 Å². The fraction of sp³-hybridized carbons (Fsp3) is 0.294. The van der Waals surface area contributed by atoms with E-state index in [9.17, 15) is 10.2 Å². The lowest BCUT2D eigenvalue weighted by molar-refractivity contribution is 0.454. The fourth-order valence-corrected chi connectivity index (χ4v) is 2.67. The van der Waals surface area contributed by atoms with Gasteiger partial charge >= 0.3 is 0 Å². The maximum atomic E-state index is 10.0. The zero-order valence-electron chi connectivity index (χ0n) is 11.6. The van der Waals surface area contributed by atoms with Crippen molar-refractivity contribution in [2.24, 2.45) is 0 Å². The number of aryl methyl sites for hydroxylation is 2. The molecule has 0 bridgehead atoms. The molecule has 1 atom stereocenters. The van der Waals surface area contributed by atoms with E-state index in [2.05, 4.69) is 6.92 Å². The summed E-state index contributed by atoms with van der Waals surface area (Å²) in [5.74, 6) is 0.827. The summed E-state index contributed by atoms with van der Waals surface area (Å²) in [6, 6.07) is 11.1. The molecule has 1 unspecified atom stereocenters. The van der Waals surface area contributed by atoms with E-state index in [1.807, 2.05) is 38.1 Å². The molecule has 2 rings (SSSR count). The molecule has 2 N–H and O–H groups in total. The Morgan fingerprint density at radius 2 is 1.47 bits per heavy atom. The van der Waals surface area contributed by atoms with Gasteiger partial charge in [-0.25, -0.2) is 0 Å². The van der Waals surface area contributed by atoms with Crippen molar-refractivity contribution in [2.75, 3.05) is 0 Å². The monoisotopic (exact) mass is 256 g/mol. The quantitative estimate of drug-likeness (QED) is 0.869. The van der Waals surface area contributed by atoms with Gasteiger partial charge in [0.15, 0.2) is 0 Å². The molecule has 19 heavy (non-hydrogen) atoms. The van der Waals surface area contributed by atoms with E-state index in [-0.39, 0.29) is 5.92 Å². The van der Waals surface area contributed by atoms with Gasteiger partial charge in [0.1, 0.15) is 11.5 Å². The van der Waals surface area contributed by atoms with E-state index < -0.39 is 0 Å². The summed E-state index contributed by atoms with van der Waals surface area (Å²) in [6.07, 6.45) is 0.719. The number of aromatic hydroxyl groups is 2. The lowest BCUT2D eigenvalue weighted by Crippen LogP contribution is -2.03. The van der Waals surface area contributed by atoms with Crippen molar-refractivity contribution in [3.63, 3.8) is 0 Å². The molecule has 100 valence electrons. The van der Waals surface area contributed by atoms with Crippen molar-refractivity contribution in [1.29, 1.82) is 0 Å². The second kappa shape index (κ2) is 5.35. The molecular formula is C17H20O2. The van der Waals surface area contributed by atoms with Crippen LogP contribution in [-0.2, 0) is 6.42 Å². The summed E-state index contributed by atoms with van der Waals surface area (Å²) in [7, 11) is 0. The van der Waals surface area contributed by atoms with Gasteiger partial charge in [0.25, 0.3) is 0 Å². The number of phenols is 2. The lowest BCUT2D eigenvalue weighted by Gasteiger charge is -2.18. The highest BCUT2D eigenvalue weighted by molar-refractivity contribution is 5.44. The summed E-state index contributed by atoms with van der Waals surface area (Å²) < 4.78 is 0. The van der Waals surface area contributed by atoms with Gasteiger partial charge in [-0.15, -0.1) is 0 Å². The maximum absolute atomic E-state index is 10.0. The van der Waals surface area contributed by atoms with Crippen LogP contribution in [0.1, 0.15) is 35.1 Å². The molecule has 2 heteroatoms. The smallest absolute Gasteiger partial charge is 0.119 e. The first-order valence-corrected chi connectivity index (χ1v) is 6.56. The molecule has 2 aromatic carbocycles. The molecule has 0 heterocycles. The van der Waals surface area contributed by atoms with E-state index in [1.54, 1.807) is 12.1 Å². The maximum Gasteiger partial charge on any atom is 0.119 e. The van der Waals surface area contributed by atoms with Crippen LogP contribution in [0.25, 0.3) is 0 Å². The zero-order valence-corrected chi connectivity index (χ0v) is 11.6. The van der Waals surface area contributed by atoms with Gasteiger partial charge in [0.05, 0.1) is 0 Å². The van der Waals surface area contributed by atoms with Crippen LogP contribution < -0.4 is 0 Å². The van der Waals surface area contributed by atoms with Crippen LogP contribution in [0.4, 0.5) is 0 Å². The number of hydrogen-bond donors (Lipinski definition) is 2. The second-order valence-corrected chi connectivity index (χ2v) is 5.19. The average molecular weight is 256 g/mol. The molecule has 0 aliphatic heterocycles. The summed E-state index contributed by atoms with van der Waals surface area (Å²) in [5, 5.41) is 20.0. The highest BCUT2D eigenvalue weighted by atomic mass is 16.3. The summed E-state index contributed by atoms with van der Waals surface area (Å²) in [5.41, 5.74) is 4.09. The highest BCUT2D eigenvalue weighted by Gasteiger charge is 2.16. The Bertz CT molecular complexity index is 547. The van der Waals surface area contributed by atoms with E-state index in [0.717, 1.165) is 28.7 Å². The number of benzene rings is 2. The van der Waals surface area contributed by atoms with Crippen LogP contribution >= 0.6 is 0 Å². The topological polar surface area (TPSA) is 40.5 Å². The summed E-state index contributed by atoms with van der Waals surface area (Å²) in [4.78, 5) is 0. The first-order chi connectivity index (χ1) is 9.00. The molecule has 0 aliphatic carbocycles. The minimum absolute atomic E-state index is 0.160. The van der Waals surface area contributed by atoms with Crippen LogP contribution in [0, 0.1) is 13.8 Å². The minimum Gasteiger partial charge on any atom is -0.508 e. The average Bonchev–Trinajstić information content (AvgIpc) is 2.34.